The van der Waals surface area contributed by atoms with E-state index < -0.39 is 9.84 Å². The van der Waals surface area contributed by atoms with Gasteiger partial charge in [0.05, 0.1) is 11.8 Å². The van der Waals surface area contributed by atoms with Crippen LogP contribution in [0, 0.1) is 11.3 Å². The Morgan fingerprint density at radius 3 is 2.45 bits per heavy atom. The Labute approximate surface area is 67.9 Å². The molecule has 0 aliphatic heterocycles. The average molecular weight is 175 g/mol. The van der Waals surface area contributed by atoms with Gasteiger partial charge in [-0.3, -0.25) is 0 Å². The minimum absolute atomic E-state index is 0.208. The van der Waals surface area contributed by atoms with E-state index in [0.717, 1.165) is 0 Å². The lowest BCUT2D eigenvalue weighted by Crippen LogP contribution is -2.08. The average Bonchev–Trinajstić information content (AvgIpc) is 1.99. The van der Waals surface area contributed by atoms with Gasteiger partial charge in [-0.05, 0) is 12.8 Å². The molecule has 3 nitrogen and oxygen atoms in total. The topological polar surface area (TPSA) is 57.9 Å². The van der Waals surface area contributed by atoms with Crippen LogP contribution in [0.3, 0.4) is 0 Å². The molecule has 0 rings (SSSR count). The van der Waals surface area contributed by atoms with Gasteiger partial charge in [0, 0.05) is 12.2 Å². The van der Waals surface area contributed by atoms with Crippen LogP contribution in [0.5, 0.6) is 0 Å². The molecule has 0 fully saturated rings. The van der Waals surface area contributed by atoms with Gasteiger partial charge in [-0.15, -0.1) is 0 Å². The summed E-state index contributed by atoms with van der Waals surface area (Å²) in [6, 6.07) is 1.98. The predicted molar refractivity (Wildman–Crippen MR) is 43.8 cm³/mol. The van der Waals surface area contributed by atoms with Crippen molar-refractivity contribution in [1.29, 1.82) is 5.26 Å². The van der Waals surface area contributed by atoms with Gasteiger partial charge >= 0.3 is 0 Å². The first kappa shape index (κ1) is 10.4. The normalized spacial score (nSPS) is 10.9. The fourth-order valence-corrected chi connectivity index (χ4v) is 1.60. The second-order valence-electron chi connectivity index (χ2n) is 2.35. The van der Waals surface area contributed by atoms with Crippen molar-refractivity contribution >= 4 is 9.84 Å². The van der Waals surface area contributed by atoms with Gasteiger partial charge < -0.3 is 0 Å². The quantitative estimate of drug-likeness (QED) is 0.588. The van der Waals surface area contributed by atoms with Crippen LogP contribution in [0.4, 0.5) is 0 Å². The zero-order valence-electron chi connectivity index (χ0n) is 6.71. The molecule has 0 saturated carbocycles. The highest BCUT2D eigenvalue weighted by Gasteiger charge is 2.05. The fourth-order valence-electron chi connectivity index (χ4n) is 0.670. The van der Waals surface area contributed by atoms with E-state index in [0.29, 0.717) is 19.3 Å². The van der Waals surface area contributed by atoms with Crippen molar-refractivity contribution in [1.82, 2.24) is 0 Å². The van der Waals surface area contributed by atoms with Crippen molar-refractivity contribution in [2.75, 3.05) is 11.5 Å². The van der Waals surface area contributed by atoms with Crippen LogP contribution in [0.15, 0.2) is 0 Å². The maximum atomic E-state index is 10.9. The molecule has 0 atom stereocenters. The molecular formula is C7H13NO2S. The highest BCUT2D eigenvalue weighted by molar-refractivity contribution is 7.91. The molecule has 0 amide bonds. The molecule has 0 radical (unpaired) electrons. The Bertz CT molecular complexity index is 225. The lowest BCUT2D eigenvalue weighted by atomic mass is 10.3. The number of unbranched alkanes of at least 4 members (excludes halogenated alkanes) is 2. The molecule has 0 heterocycles. The molecule has 0 aromatic heterocycles. The molecule has 0 aliphatic rings. The molecule has 0 aromatic carbocycles. The van der Waals surface area contributed by atoms with Gasteiger partial charge in [0.2, 0.25) is 0 Å². The van der Waals surface area contributed by atoms with Gasteiger partial charge in [-0.25, -0.2) is 8.42 Å². The monoisotopic (exact) mass is 175 g/mol. The molecule has 11 heavy (non-hydrogen) atoms. The molecular weight excluding hydrogens is 162 g/mol. The third-order valence-electron chi connectivity index (χ3n) is 1.43. The lowest BCUT2D eigenvalue weighted by Gasteiger charge is -1.97. The van der Waals surface area contributed by atoms with Gasteiger partial charge in [-0.2, -0.15) is 5.26 Å². The number of rotatable bonds is 5. The van der Waals surface area contributed by atoms with E-state index in [1.807, 2.05) is 6.07 Å². The molecule has 0 N–H and O–H groups in total. The smallest absolute Gasteiger partial charge is 0.150 e. The second-order valence-corrected chi connectivity index (χ2v) is 4.82. The molecule has 64 valence electrons. The number of nitrogens with zero attached hydrogens (tertiary/aromatic N) is 1. The van der Waals surface area contributed by atoms with Crippen LogP contribution in [-0.4, -0.2) is 19.9 Å². The SMILES string of the molecule is CCS(=O)(=O)CCCCC#N. The van der Waals surface area contributed by atoms with Crippen LogP contribution in [0.2, 0.25) is 0 Å². The van der Waals surface area contributed by atoms with Gasteiger partial charge in [-0.1, -0.05) is 6.92 Å². The van der Waals surface area contributed by atoms with Crippen molar-refractivity contribution in [2.45, 2.75) is 26.2 Å². The van der Waals surface area contributed by atoms with Crippen molar-refractivity contribution in [2.24, 2.45) is 0 Å². The maximum Gasteiger partial charge on any atom is 0.150 e. The summed E-state index contributed by atoms with van der Waals surface area (Å²) in [5, 5.41) is 8.15. The first-order valence-corrected chi connectivity index (χ1v) is 5.52. The molecule has 0 aliphatic carbocycles. The summed E-state index contributed by atoms with van der Waals surface area (Å²) in [4.78, 5) is 0. The first-order chi connectivity index (χ1) is 5.12. The Kier molecular flexibility index (Phi) is 4.88. The largest absolute Gasteiger partial charge is 0.229 e. The highest BCUT2D eigenvalue weighted by atomic mass is 32.2. The van der Waals surface area contributed by atoms with Crippen molar-refractivity contribution in [3.05, 3.63) is 0 Å². The second kappa shape index (κ2) is 5.14. The summed E-state index contributed by atoms with van der Waals surface area (Å²) in [7, 11) is -2.81. The maximum absolute atomic E-state index is 10.9. The van der Waals surface area contributed by atoms with E-state index >= 15 is 0 Å². The fraction of sp³-hybridized carbons (Fsp3) is 0.857. The van der Waals surface area contributed by atoms with E-state index in [9.17, 15) is 8.42 Å². The molecule has 0 aromatic rings. The van der Waals surface area contributed by atoms with E-state index in [2.05, 4.69) is 0 Å². The third-order valence-corrected chi connectivity index (χ3v) is 3.22. The number of hydrogen-bond donors (Lipinski definition) is 0. The van der Waals surface area contributed by atoms with E-state index in [1.54, 1.807) is 6.92 Å². The number of sulfone groups is 1. The zero-order chi connectivity index (χ0) is 8.74. The summed E-state index contributed by atoms with van der Waals surface area (Å²) in [6.45, 7) is 1.64. The van der Waals surface area contributed by atoms with Gasteiger partial charge in [0.25, 0.3) is 0 Å². The first-order valence-electron chi connectivity index (χ1n) is 3.69. The molecule has 0 saturated heterocycles. The molecule has 4 heteroatoms. The minimum Gasteiger partial charge on any atom is -0.229 e. The summed E-state index contributed by atoms with van der Waals surface area (Å²) in [5.41, 5.74) is 0. The molecule has 0 spiro atoms. The van der Waals surface area contributed by atoms with Crippen LogP contribution < -0.4 is 0 Å². The van der Waals surface area contributed by atoms with Crippen molar-refractivity contribution in [3.8, 4) is 6.07 Å². The summed E-state index contributed by atoms with van der Waals surface area (Å²) in [5.74, 6) is 0.435. The Morgan fingerprint density at radius 1 is 1.36 bits per heavy atom. The van der Waals surface area contributed by atoms with Crippen LogP contribution >= 0.6 is 0 Å². The summed E-state index contributed by atoms with van der Waals surface area (Å²) in [6.07, 6.45) is 1.76. The van der Waals surface area contributed by atoms with E-state index in [4.69, 9.17) is 5.26 Å². The lowest BCUT2D eigenvalue weighted by molar-refractivity contribution is 0.593. The Balaban J connectivity index is 3.49. The summed E-state index contributed by atoms with van der Waals surface area (Å²) < 4.78 is 21.8. The summed E-state index contributed by atoms with van der Waals surface area (Å²) >= 11 is 0. The van der Waals surface area contributed by atoms with E-state index in [1.165, 1.54) is 0 Å². The number of hydrogen-bond acceptors (Lipinski definition) is 3. The van der Waals surface area contributed by atoms with Crippen LogP contribution in [0.1, 0.15) is 26.2 Å². The zero-order valence-corrected chi connectivity index (χ0v) is 7.52. The van der Waals surface area contributed by atoms with Crippen LogP contribution in [-0.2, 0) is 9.84 Å². The third kappa shape index (κ3) is 5.86. The van der Waals surface area contributed by atoms with Crippen molar-refractivity contribution in [3.63, 3.8) is 0 Å². The van der Waals surface area contributed by atoms with Crippen LogP contribution in [0.25, 0.3) is 0 Å². The molecule has 0 bridgehead atoms. The van der Waals surface area contributed by atoms with E-state index in [-0.39, 0.29) is 11.5 Å². The standard InChI is InChI=1S/C7H13NO2S/c1-2-11(9,10)7-5-3-4-6-8/h2-5,7H2,1H3. The predicted octanol–water partition coefficient (Wildman–Crippen LogP) is 1.11. The Morgan fingerprint density at radius 2 is 2.00 bits per heavy atom. The van der Waals surface area contributed by atoms with Crippen molar-refractivity contribution < 1.29 is 8.42 Å². The number of nitriles is 1. The molecule has 0 unspecified atom stereocenters. The van der Waals surface area contributed by atoms with Gasteiger partial charge in [0.15, 0.2) is 0 Å². The minimum atomic E-state index is -2.81. The highest BCUT2D eigenvalue weighted by Crippen LogP contribution is 1.99. The Hall–Kier alpha value is -0.560. The van der Waals surface area contributed by atoms with Gasteiger partial charge in [0.1, 0.15) is 9.84 Å².